The highest BCUT2D eigenvalue weighted by Gasteiger charge is 2.43. The van der Waals surface area contributed by atoms with E-state index in [-0.39, 0.29) is 17.9 Å². The Hall–Kier alpha value is -1.43. The summed E-state index contributed by atoms with van der Waals surface area (Å²) in [6.07, 6.45) is 1.28. The van der Waals surface area contributed by atoms with Gasteiger partial charge < -0.3 is 10.0 Å². The smallest absolute Gasteiger partial charge is 0.307 e. The molecule has 1 N–H and O–H groups in total. The quantitative estimate of drug-likeness (QED) is 0.926. The van der Waals surface area contributed by atoms with Crippen molar-refractivity contribution in [1.82, 2.24) is 9.88 Å². The van der Waals surface area contributed by atoms with Gasteiger partial charge in [0.1, 0.15) is 0 Å². The maximum atomic E-state index is 12.4. The summed E-state index contributed by atoms with van der Waals surface area (Å²) in [5.41, 5.74) is 0.947. The molecular formula is C14H20N2O3S. The Morgan fingerprint density at radius 1 is 1.35 bits per heavy atom. The van der Waals surface area contributed by atoms with Crippen molar-refractivity contribution < 1.29 is 14.7 Å². The van der Waals surface area contributed by atoms with Crippen LogP contribution in [0.25, 0.3) is 0 Å². The lowest BCUT2D eigenvalue weighted by atomic mass is 9.73. The van der Waals surface area contributed by atoms with Crippen molar-refractivity contribution in [3.05, 3.63) is 15.6 Å². The third-order valence-electron chi connectivity index (χ3n) is 4.16. The number of aromatic nitrogens is 1. The number of rotatable bonds is 4. The number of hydrogen-bond donors (Lipinski definition) is 1. The van der Waals surface area contributed by atoms with Crippen LogP contribution in [0.1, 0.15) is 41.4 Å². The molecule has 1 aromatic rings. The fourth-order valence-electron chi connectivity index (χ4n) is 2.65. The van der Waals surface area contributed by atoms with Gasteiger partial charge in [-0.15, -0.1) is 11.3 Å². The summed E-state index contributed by atoms with van der Waals surface area (Å²) in [7, 11) is 1.75. The zero-order chi connectivity index (χ0) is 15.0. The number of carboxylic acids is 1. The average molecular weight is 296 g/mol. The summed E-state index contributed by atoms with van der Waals surface area (Å²) in [4.78, 5) is 30.6. The Bertz CT molecular complexity index is 541. The predicted molar refractivity (Wildman–Crippen MR) is 76.6 cm³/mol. The lowest BCUT2D eigenvalue weighted by Crippen LogP contribution is -2.45. The molecule has 3 atom stereocenters. The van der Waals surface area contributed by atoms with Gasteiger partial charge in [-0.25, -0.2) is 4.98 Å². The molecule has 0 aromatic carbocycles. The third-order valence-corrected chi connectivity index (χ3v) is 5.40. The van der Waals surface area contributed by atoms with Crippen LogP contribution in [0.4, 0.5) is 0 Å². The molecule has 20 heavy (non-hydrogen) atoms. The molecule has 1 aromatic heterocycles. The molecule has 1 aliphatic carbocycles. The number of carbonyl (C=O) groups excluding carboxylic acids is 1. The molecule has 0 saturated heterocycles. The Morgan fingerprint density at radius 3 is 2.35 bits per heavy atom. The molecule has 1 saturated carbocycles. The highest BCUT2D eigenvalue weighted by atomic mass is 32.1. The lowest BCUT2D eigenvalue weighted by Gasteiger charge is -2.37. The Morgan fingerprint density at radius 2 is 1.95 bits per heavy atom. The van der Waals surface area contributed by atoms with Crippen LogP contribution in [-0.2, 0) is 9.59 Å². The van der Waals surface area contributed by atoms with Crippen molar-refractivity contribution in [3.8, 4) is 0 Å². The zero-order valence-corrected chi connectivity index (χ0v) is 13.0. The Labute approximate surface area is 122 Å². The molecular weight excluding hydrogens is 276 g/mol. The molecule has 2 rings (SSSR count). The van der Waals surface area contributed by atoms with Crippen molar-refractivity contribution in [2.45, 2.75) is 39.7 Å². The van der Waals surface area contributed by atoms with E-state index in [1.54, 1.807) is 23.3 Å². The van der Waals surface area contributed by atoms with Gasteiger partial charge in [-0.2, -0.15) is 0 Å². The van der Waals surface area contributed by atoms with E-state index in [4.69, 9.17) is 5.11 Å². The van der Waals surface area contributed by atoms with Gasteiger partial charge in [0, 0.05) is 11.9 Å². The Kier molecular flexibility index (Phi) is 4.13. The standard InChI is InChI=1S/C14H20N2O3S/c1-7-12(20-9(3)15-7)8(2)16(4)13(17)10-5-6-11(10)14(18)19/h8,10-11H,5-6H2,1-4H3,(H,18,19). The average Bonchev–Trinajstić information content (AvgIpc) is 2.64. The normalized spacial score (nSPS) is 23.0. The number of carboxylic acid groups (broad SMARTS) is 1. The van der Waals surface area contributed by atoms with Crippen molar-refractivity contribution >= 4 is 23.2 Å². The molecule has 1 aliphatic rings. The van der Waals surface area contributed by atoms with E-state index in [1.807, 2.05) is 20.8 Å². The first-order valence-electron chi connectivity index (χ1n) is 6.76. The SMILES string of the molecule is Cc1nc(C)c(C(C)N(C)C(=O)C2CCC2C(=O)O)s1. The van der Waals surface area contributed by atoms with Crippen LogP contribution in [0.15, 0.2) is 0 Å². The van der Waals surface area contributed by atoms with Gasteiger partial charge in [0.05, 0.1) is 28.6 Å². The highest BCUT2D eigenvalue weighted by molar-refractivity contribution is 7.11. The van der Waals surface area contributed by atoms with Gasteiger partial charge in [0.25, 0.3) is 0 Å². The molecule has 0 bridgehead atoms. The number of aryl methyl sites for hydroxylation is 2. The molecule has 5 nitrogen and oxygen atoms in total. The van der Waals surface area contributed by atoms with Crippen LogP contribution in [-0.4, -0.2) is 33.9 Å². The van der Waals surface area contributed by atoms with Crippen molar-refractivity contribution in [3.63, 3.8) is 0 Å². The Balaban J connectivity index is 2.11. The van der Waals surface area contributed by atoms with Gasteiger partial charge >= 0.3 is 5.97 Å². The second kappa shape index (κ2) is 5.52. The monoisotopic (exact) mass is 296 g/mol. The maximum absolute atomic E-state index is 12.4. The van der Waals surface area contributed by atoms with Crippen LogP contribution in [0.3, 0.4) is 0 Å². The number of amides is 1. The van der Waals surface area contributed by atoms with Crippen molar-refractivity contribution in [2.75, 3.05) is 7.05 Å². The van der Waals surface area contributed by atoms with Crippen LogP contribution in [0, 0.1) is 25.7 Å². The number of carbonyl (C=O) groups is 2. The van der Waals surface area contributed by atoms with E-state index in [2.05, 4.69) is 4.98 Å². The lowest BCUT2D eigenvalue weighted by molar-refractivity contribution is -0.156. The molecule has 1 amide bonds. The number of hydrogen-bond acceptors (Lipinski definition) is 4. The predicted octanol–water partition coefficient (Wildman–Crippen LogP) is 2.39. The first kappa shape index (κ1) is 15.0. The van der Waals surface area contributed by atoms with E-state index in [1.165, 1.54) is 0 Å². The second-order valence-corrected chi connectivity index (χ2v) is 6.67. The van der Waals surface area contributed by atoms with Gasteiger partial charge in [0.15, 0.2) is 0 Å². The number of aliphatic carboxylic acids is 1. The molecule has 0 aliphatic heterocycles. The highest BCUT2D eigenvalue weighted by Crippen LogP contribution is 2.38. The largest absolute Gasteiger partial charge is 0.481 e. The fraction of sp³-hybridized carbons (Fsp3) is 0.643. The third kappa shape index (κ3) is 2.57. The molecule has 1 heterocycles. The first-order valence-corrected chi connectivity index (χ1v) is 7.58. The van der Waals surface area contributed by atoms with Crippen LogP contribution in [0.2, 0.25) is 0 Å². The van der Waals surface area contributed by atoms with E-state index < -0.39 is 11.9 Å². The van der Waals surface area contributed by atoms with Crippen LogP contribution in [0.5, 0.6) is 0 Å². The number of thiazole rings is 1. The minimum atomic E-state index is -0.861. The zero-order valence-electron chi connectivity index (χ0n) is 12.2. The summed E-state index contributed by atoms with van der Waals surface area (Å²) >= 11 is 1.59. The summed E-state index contributed by atoms with van der Waals surface area (Å²) in [6, 6.07) is -0.0660. The van der Waals surface area contributed by atoms with Gasteiger partial charge in [0.2, 0.25) is 5.91 Å². The van der Waals surface area contributed by atoms with E-state index in [0.717, 1.165) is 15.6 Å². The summed E-state index contributed by atoms with van der Waals surface area (Å²) in [5, 5.41) is 10.0. The molecule has 0 radical (unpaired) electrons. The fourth-order valence-corrected chi connectivity index (χ4v) is 3.68. The summed E-state index contributed by atoms with van der Waals surface area (Å²) in [6.45, 7) is 5.85. The van der Waals surface area contributed by atoms with Crippen molar-refractivity contribution in [1.29, 1.82) is 0 Å². The summed E-state index contributed by atoms with van der Waals surface area (Å²) < 4.78 is 0. The van der Waals surface area contributed by atoms with Crippen LogP contribution < -0.4 is 0 Å². The molecule has 0 spiro atoms. The second-order valence-electron chi connectivity index (χ2n) is 5.44. The molecule has 3 unspecified atom stereocenters. The summed E-state index contributed by atoms with van der Waals surface area (Å²) in [5.74, 6) is -1.81. The minimum absolute atomic E-state index is 0.0660. The van der Waals surface area contributed by atoms with E-state index >= 15 is 0 Å². The first-order chi connectivity index (χ1) is 9.32. The van der Waals surface area contributed by atoms with Crippen molar-refractivity contribution in [2.24, 2.45) is 11.8 Å². The molecule has 6 heteroatoms. The maximum Gasteiger partial charge on any atom is 0.307 e. The van der Waals surface area contributed by atoms with E-state index in [0.29, 0.717) is 12.8 Å². The van der Waals surface area contributed by atoms with Crippen LogP contribution >= 0.6 is 11.3 Å². The number of nitrogens with zero attached hydrogens (tertiary/aromatic N) is 2. The molecule has 1 fully saturated rings. The molecule has 110 valence electrons. The van der Waals surface area contributed by atoms with Gasteiger partial charge in [-0.1, -0.05) is 0 Å². The topological polar surface area (TPSA) is 70.5 Å². The minimum Gasteiger partial charge on any atom is -0.481 e. The van der Waals surface area contributed by atoms with E-state index in [9.17, 15) is 9.59 Å². The van der Waals surface area contributed by atoms with Gasteiger partial charge in [-0.05, 0) is 33.6 Å². The van der Waals surface area contributed by atoms with Gasteiger partial charge in [-0.3, -0.25) is 9.59 Å².